The van der Waals surface area contributed by atoms with Crippen molar-refractivity contribution < 1.29 is 13.5 Å². The fourth-order valence-electron chi connectivity index (χ4n) is 5.92. The summed E-state index contributed by atoms with van der Waals surface area (Å²) in [4.78, 5) is 0. The van der Waals surface area contributed by atoms with E-state index in [1.54, 1.807) is 96.3 Å². The Morgan fingerprint density at radius 2 is 1.00 bits per heavy atom. The summed E-state index contributed by atoms with van der Waals surface area (Å²) in [6, 6.07) is 9.89. The zero-order valence-electron chi connectivity index (χ0n) is 18.6. The van der Waals surface area contributed by atoms with E-state index in [-0.39, 0.29) is 17.8 Å². The molecule has 0 spiro atoms. The van der Waals surface area contributed by atoms with Gasteiger partial charge in [0.05, 0.1) is 17.0 Å². The van der Waals surface area contributed by atoms with Crippen LogP contribution in [0.2, 0.25) is 0 Å². The van der Waals surface area contributed by atoms with Crippen LogP contribution in [-0.2, 0) is 13.5 Å². The van der Waals surface area contributed by atoms with Crippen molar-refractivity contribution in [3.05, 3.63) is 35.9 Å². The Kier molecular flexibility index (Phi) is 14.5. The van der Waals surface area contributed by atoms with Gasteiger partial charge in [-0.3, -0.25) is 0 Å². The van der Waals surface area contributed by atoms with Gasteiger partial charge in [0, 0.05) is 7.92 Å². The predicted molar refractivity (Wildman–Crippen MR) is 143 cm³/mol. The Bertz CT molecular complexity index is 546. The third-order valence-electron chi connectivity index (χ3n) is 7.22. The Balaban J connectivity index is 0.000000249. The van der Waals surface area contributed by atoms with Gasteiger partial charge in [-0.1, -0.05) is 19.3 Å². The van der Waals surface area contributed by atoms with E-state index in [0.29, 0.717) is 0 Å². The maximum absolute atomic E-state index is 5.67. The molecule has 4 rings (SSSR count). The molecule has 3 aliphatic carbocycles. The summed E-state index contributed by atoms with van der Waals surface area (Å²) in [5, 5.41) is 0. The summed E-state index contributed by atoms with van der Waals surface area (Å²) >= 11 is -1.61. The van der Waals surface area contributed by atoms with Crippen LogP contribution in [0.3, 0.4) is 0 Å². The molecule has 1 atom stereocenters. The molecule has 1 unspecified atom stereocenters. The van der Waals surface area contributed by atoms with Gasteiger partial charge in [0.2, 0.25) is 0 Å². The van der Waals surface area contributed by atoms with Gasteiger partial charge < -0.3 is 0 Å². The second-order valence-corrected chi connectivity index (χ2v) is 18.4. The summed E-state index contributed by atoms with van der Waals surface area (Å²) < 4.78 is 1.92. The van der Waals surface area contributed by atoms with Gasteiger partial charge in [0.15, 0.2) is 0 Å². The van der Waals surface area contributed by atoms with Gasteiger partial charge in [-0.2, -0.15) is 9.90 Å². The Morgan fingerprint density at radius 3 is 1.33 bits per heavy atom. The van der Waals surface area contributed by atoms with Crippen molar-refractivity contribution in [1.82, 2.24) is 0 Å². The van der Waals surface area contributed by atoms with Crippen molar-refractivity contribution in [2.45, 2.75) is 113 Å². The average molecular weight is 578 g/mol. The number of halogens is 2. The average Bonchev–Trinajstić information content (AvgIpc) is 2.77. The monoisotopic (exact) mass is 577 g/mol. The molecular weight excluding hydrogens is 534 g/mol. The predicted octanol–water partition coefficient (Wildman–Crippen LogP) is 9.02. The SMILES string of the molecule is C1CCC([PH+](C2CCCCC2)C2CCCCC2)CC1.P.[Cl][Ru]([Cl])=[CH]c1ccccc1. The first-order chi connectivity index (χ1) is 14.2. The van der Waals surface area contributed by atoms with Crippen LogP contribution >= 0.6 is 37.2 Å². The van der Waals surface area contributed by atoms with E-state index in [1.165, 1.54) is 17.0 Å². The zero-order valence-corrected chi connectivity index (χ0v) is 24.3. The third kappa shape index (κ3) is 9.56. The fourth-order valence-corrected chi connectivity index (χ4v) is 13.0. The summed E-state index contributed by atoms with van der Waals surface area (Å²) in [6.45, 7) is 0. The van der Waals surface area contributed by atoms with E-state index < -0.39 is 13.5 Å². The summed E-state index contributed by atoms with van der Waals surface area (Å²) in [7, 11) is 11.3. The van der Waals surface area contributed by atoms with E-state index in [0.717, 1.165) is 5.56 Å². The van der Waals surface area contributed by atoms with Crippen molar-refractivity contribution in [2.75, 3.05) is 0 Å². The zero-order chi connectivity index (χ0) is 20.3. The summed E-state index contributed by atoms with van der Waals surface area (Å²) in [6.07, 6.45) is 23.8. The Morgan fingerprint density at radius 1 is 0.633 bits per heavy atom. The number of rotatable bonds is 4. The van der Waals surface area contributed by atoms with Crippen LogP contribution in [0.4, 0.5) is 0 Å². The van der Waals surface area contributed by atoms with E-state index in [9.17, 15) is 0 Å². The molecule has 0 N–H and O–H groups in total. The molecule has 1 aromatic carbocycles. The minimum atomic E-state index is -1.61. The van der Waals surface area contributed by atoms with Gasteiger partial charge >= 0.3 is 73.4 Å². The van der Waals surface area contributed by atoms with Crippen LogP contribution in [0.15, 0.2) is 30.3 Å². The molecule has 0 nitrogen and oxygen atoms in total. The maximum atomic E-state index is 5.67. The van der Waals surface area contributed by atoms with Crippen LogP contribution < -0.4 is 0 Å². The first-order valence-corrected chi connectivity index (χ1v) is 19.2. The number of hydrogen-bond acceptors (Lipinski definition) is 0. The van der Waals surface area contributed by atoms with Crippen LogP contribution in [0.1, 0.15) is 102 Å². The van der Waals surface area contributed by atoms with Crippen LogP contribution in [0, 0.1) is 0 Å². The second-order valence-electron chi connectivity index (χ2n) is 9.22. The molecule has 3 aliphatic rings. The quantitative estimate of drug-likeness (QED) is 0.248. The first kappa shape index (κ1) is 27.4. The minimum absolute atomic E-state index is 0. The number of benzene rings is 1. The van der Waals surface area contributed by atoms with Gasteiger partial charge in [0.1, 0.15) is 0 Å². The topological polar surface area (TPSA) is 0 Å². The van der Waals surface area contributed by atoms with E-state index >= 15 is 0 Å². The molecule has 5 heteroatoms. The van der Waals surface area contributed by atoms with Crippen molar-refractivity contribution in [2.24, 2.45) is 0 Å². The molecule has 0 amide bonds. The molecule has 0 bridgehead atoms. The fraction of sp³-hybridized carbons (Fsp3) is 0.720. The van der Waals surface area contributed by atoms with Crippen LogP contribution in [0.5, 0.6) is 0 Å². The molecule has 174 valence electrons. The van der Waals surface area contributed by atoms with Crippen LogP contribution in [0.25, 0.3) is 0 Å². The van der Waals surface area contributed by atoms with Gasteiger partial charge in [-0.25, -0.2) is 0 Å². The van der Waals surface area contributed by atoms with Crippen molar-refractivity contribution in [3.63, 3.8) is 0 Å². The third-order valence-corrected chi connectivity index (χ3v) is 13.7. The molecule has 0 saturated heterocycles. The molecule has 3 saturated carbocycles. The van der Waals surface area contributed by atoms with Gasteiger partial charge in [0.25, 0.3) is 0 Å². The van der Waals surface area contributed by atoms with Crippen LogP contribution in [-0.4, -0.2) is 21.6 Å². The Labute approximate surface area is 203 Å². The second kappa shape index (κ2) is 15.9. The summed E-state index contributed by atoms with van der Waals surface area (Å²) in [5.41, 5.74) is 4.80. The molecular formula is C25H43Cl2P2Ru+. The van der Waals surface area contributed by atoms with E-state index in [4.69, 9.17) is 19.4 Å². The molecule has 0 aromatic heterocycles. The van der Waals surface area contributed by atoms with Crippen molar-refractivity contribution >= 4 is 41.8 Å². The standard InChI is InChI=1S/C18H33P.C7H6.2ClH.H3P.Ru/c1-4-10-16(11-5-1)19(17-12-6-2-7-13-17)18-14-8-3-9-15-18;1-7-5-3-2-4-6-7;;;;/h16-18H,1-15H2;1-6H;2*1H;1H3;/q;;;;;+2/p-1. The van der Waals surface area contributed by atoms with Crippen molar-refractivity contribution in [3.8, 4) is 0 Å². The van der Waals surface area contributed by atoms with Gasteiger partial charge in [-0.05, 0) is 77.0 Å². The van der Waals surface area contributed by atoms with E-state index in [1.807, 2.05) is 34.9 Å². The molecule has 0 aliphatic heterocycles. The molecule has 0 radical (unpaired) electrons. The van der Waals surface area contributed by atoms with E-state index in [2.05, 4.69) is 0 Å². The number of hydrogen-bond donors (Lipinski definition) is 0. The molecule has 30 heavy (non-hydrogen) atoms. The molecule has 0 heterocycles. The van der Waals surface area contributed by atoms with Crippen molar-refractivity contribution in [1.29, 1.82) is 0 Å². The van der Waals surface area contributed by atoms with Gasteiger partial charge in [-0.15, -0.1) is 0 Å². The molecule has 3 fully saturated rings. The Hall–Kier alpha value is 1.15. The molecule has 1 aromatic rings. The normalized spacial score (nSPS) is 21.9. The first-order valence-electron chi connectivity index (χ1n) is 12.0. The summed E-state index contributed by atoms with van der Waals surface area (Å²) in [5.74, 6) is 0.